The van der Waals surface area contributed by atoms with Crippen molar-refractivity contribution in [3.8, 4) is 5.88 Å². The van der Waals surface area contributed by atoms with Gasteiger partial charge in [-0.3, -0.25) is 5.84 Å². The summed E-state index contributed by atoms with van der Waals surface area (Å²) in [6.45, 7) is 0. The van der Waals surface area contributed by atoms with Crippen LogP contribution in [0.15, 0.2) is 36.4 Å². The Kier molecular flexibility index (Phi) is 4.39. The third kappa shape index (κ3) is 3.47. The van der Waals surface area contributed by atoms with E-state index in [2.05, 4.69) is 15.6 Å². The minimum absolute atomic E-state index is 0.335. The molecule has 0 amide bonds. The molecule has 0 aliphatic rings. The van der Waals surface area contributed by atoms with Gasteiger partial charge in [-0.2, -0.15) is 13.2 Å². The number of nitrogens with zero attached hydrogens (tertiary/aromatic N) is 2. The number of nitrogens with two attached hydrogens (primary N) is 1. The van der Waals surface area contributed by atoms with E-state index < -0.39 is 17.8 Å². The van der Waals surface area contributed by atoms with E-state index in [1.165, 1.54) is 19.2 Å². The van der Waals surface area contributed by atoms with E-state index in [1.807, 2.05) is 0 Å². The fraction of sp³-hybridized carbons (Fsp3) is 0.231. The lowest BCUT2D eigenvalue weighted by molar-refractivity contribution is -0.137. The Labute approximate surface area is 118 Å². The van der Waals surface area contributed by atoms with Gasteiger partial charge in [0.15, 0.2) is 0 Å². The second-order valence-electron chi connectivity index (χ2n) is 4.22. The molecule has 1 aromatic heterocycles. The van der Waals surface area contributed by atoms with E-state index in [4.69, 9.17) is 10.6 Å². The van der Waals surface area contributed by atoms with Crippen LogP contribution in [0, 0.1) is 0 Å². The molecule has 2 aromatic rings. The monoisotopic (exact) mass is 298 g/mol. The molecule has 0 spiro atoms. The number of nitrogens with one attached hydrogen (secondary N) is 1. The highest BCUT2D eigenvalue weighted by molar-refractivity contribution is 5.31. The molecule has 1 heterocycles. The predicted octanol–water partition coefficient (Wildman–Crippen LogP) is 2.06. The molecule has 1 atom stereocenters. The molecule has 0 aliphatic heterocycles. The molecule has 0 saturated heterocycles. The van der Waals surface area contributed by atoms with Crippen LogP contribution in [0.3, 0.4) is 0 Å². The fourth-order valence-electron chi connectivity index (χ4n) is 1.81. The van der Waals surface area contributed by atoms with Crippen LogP contribution in [0.1, 0.15) is 22.9 Å². The van der Waals surface area contributed by atoms with Crippen LogP contribution in [-0.2, 0) is 6.18 Å². The molecular weight excluding hydrogens is 285 g/mol. The third-order valence-corrected chi connectivity index (χ3v) is 2.90. The second-order valence-corrected chi connectivity index (χ2v) is 4.22. The van der Waals surface area contributed by atoms with Gasteiger partial charge in [0.1, 0.15) is 0 Å². The van der Waals surface area contributed by atoms with Crippen molar-refractivity contribution in [3.05, 3.63) is 53.2 Å². The molecule has 2 rings (SSSR count). The summed E-state index contributed by atoms with van der Waals surface area (Å²) in [5, 5.41) is 7.73. The summed E-state index contributed by atoms with van der Waals surface area (Å²) in [5.74, 6) is 5.80. The summed E-state index contributed by atoms with van der Waals surface area (Å²) >= 11 is 0. The molecule has 1 aromatic carbocycles. The molecule has 0 fully saturated rings. The molecule has 3 N–H and O–H groups in total. The molecule has 5 nitrogen and oxygen atoms in total. The molecular formula is C13H13F3N4O. The minimum atomic E-state index is -4.37. The summed E-state index contributed by atoms with van der Waals surface area (Å²) < 4.78 is 42.5. The van der Waals surface area contributed by atoms with Crippen molar-refractivity contribution in [1.29, 1.82) is 0 Å². The van der Waals surface area contributed by atoms with Gasteiger partial charge in [0, 0.05) is 6.07 Å². The van der Waals surface area contributed by atoms with Crippen molar-refractivity contribution in [3.63, 3.8) is 0 Å². The first-order chi connectivity index (χ1) is 9.95. The number of hydrogen-bond acceptors (Lipinski definition) is 5. The van der Waals surface area contributed by atoms with Gasteiger partial charge in [-0.15, -0.1) is 10.2 Å². The normalized spacial score (nSPS) is 13.0. The number of alkyl halides is 3. The number of ether oxygens (including phenoxy) is 1. The predicted molar refractivity (Wildman–Crippen MR) is 69.2 cm³/mol. The molecule has 0 aliphatic carbocycles. The lowest BCUT2D eigenvalue weighted by Crippen LogP contribution is -2.29. The number of aromatic nitrogens is 2. The lowest BCUT2D eigenvalue weighted by Gasteiger charge is -2.16. The van der Waals surface area contributed by atoms with Gasteiger partial charge in [0.25, 0.3) is 0 Å². The third-order valence-electron chi connectivity index (χ3n) is 2.90. The molecule has 1 unspecified atom stereocenters. The Hall–Kier alpha value is -2.19. The van der Waals surface area contributed by atoms with Crippen LogP contribution in [-0.4, -0.2) is 17.3 Å². The van der Waals surface area contributed by atoms with Gasteiger partial charge >= 0.3 is 6.18 Å². The zero-order chi connectivity index (χ0) is 15.5. The van der Waals surface area contributed by atoms with Crippen LogP contribution in [0.5, 0.6) is 5.88 Å². The van der Waals surface area contributed by atoms with Crippen LogP contribution in [0.4, 0.5) is 13.2 Å². The lowest BCUT2D eigenvalue weighted by atomic mass is 10.0. The zero-order valence-corrected chi connectivity index (χ0v) is 11.1. The fourth-order valence-corrected chi connectivity index (χ4v) is 1.81. The summed E-state index contributed by atoms with van der Waals surface area (Å²) in [4.78, 5) is 0. The Bertz CT molecular complexity index is 584. The van der Waals surface area contributed by atoms with Gasteiger partial charge < -0.3 is 4.74 Å². The smallest absolute Gasteiger partial charge is 0.416 e. The van der Waals surface area contributed by atoms with Crippen molar-refractivity contribution in [1.82, 2.24) is 15.6 Å². The zero-order valence-electron chi connectivity index (χ0n) is 11.1. The van der Waals surface area contributed by atoms with E-state index >= 15 is 0 Å². The summed E-state index contributed by atoms with van der Waals surface area (Å²) in [6.07, 6.45) is -4.37. The average Bonchev–Trinajstić information content (AvgIpc) is 2.48. The SMILES string of the molecule is COc1ccc(C(NN)c2ccc(C(F)(F)F)cc2)nn1. The largest absolute Gasteiger partial charge is 0.480 e. The first-order valence-electron chi connectivity index (χ1n) is 5.96. The van der Waals surface area contributed by atoms with Gasteiger partial charge in [-0.05, 0) is 23.8 Å². The molecule has 112 valence electrons. The van der Waals surface area contributed by atoms with E-state index in [-0.39, 0.29) is 0 Å². The topological polar surface area (TPSA) is 73.1 Å². The van der Waals surface area contributed by atoms with Gasteiger partial charge in [0.05, 0.1) is 24.4 Å². The summed E-state index contributed by atoms with van der Waals surface area (Å²) in [7, 11) is 1.46. The Balaban J connectivity index is 2.28. The highest BCUT2D eigenvalue weighted by Gasteiger charge is 2.30. The number of halogens is 3. The molecule has 0 radical (unpaired) electrons. The molecule has 8 heteroatoms. The average molecular weight is 298 g/mol. The van der Waals surface area contributed by atoms with Gasteiger partial charge in [-0.25, -0.2) is 5.43 Å². The van der Waals surface area contributed by atoms with E-state index in [1.54, 1.807) is 12.1 Å². The number of methoxy groups -OCH3 is 1. The van der Waals surface area contributed by atoms with Crippen molar-refractivity contribution in [2.75, 3.05) is 7.11 Å². The minimum Gasteiger partial charge on any atom is -0.480 e. The van der Waals surface area contributed by atoms with E-state index in [9.17, 15) is 13.2 Å². The summed E-state index contributed by atoms with van der Waals surface area (Å²) in [6, 6.07) is 7.35. The maximum absolute atomic E-state index is 12.5. The second kappa shape index (κ2) is 6.06. The first kappa shape index (κ1) is 15.2. The highest BCUT2D eigenvalue weighted by Crippen LogP contribution is 2.30. The van der Waals surface area contributed by atoms with Crippen LogP contribution in [0.25, 0.3) is 0 Å². The Morgan fingerprint density at radius 3 is 2.19 bits per heavy atom. The highest BCUT2D eigenvalue weighted by atomic mass is 19.4. The van der Waals surface area contributed by atoms with Crippen molar-refractivity contribution in [2.45, 2.75) is 12.2 Å². The number of hydrazine groups is 1. The maximum Gasteiger partial charge on any atom is 0.416 e. The van der Waals surface area contributed by atoms with Gasteiger partial charge in [0.2, 0.25) is 5.88 Å². The number of hydrogen-bond donors (Lipinski definition) is 2. The molecule has 21 heavy (non-hydrogen) atoms. The standard InChI is InChI=1S/C13H13F3N4O/c1-21-11-7-6-10(19-20-11)12(18-17)8-2-4-9(5-3-8)13(14,15)16/h2-7,12,18H,17H2,1H3. The van der Waals surface area contributed by atoms with E-state index in [0.29, 0.717) is 17.1 Å². The van der Waals surface area contributed by atoms with Crippen molar-refractivity contribution >= 4 is 0 Å². The van der Waals surface area contributed by atoms with Crippen LogP contribution >= 0.6 is 0 Å². The number of benzene rings is 1. The maximum atomic E-state index is 12.5. The Morgan fingerprint density at radius 2 is 1.76 bits per heavy atom. The van der Waals surface area contributed by atoms with E-state index in [0.717, 1.165) is 12.1 Å². The Morgan fingerprint density at radius 1 is 1.10 bits per heavy atom. The quantitative estimate of drug-likeness (QED) is 0.667. The summed E-state index contributed by atoms with van der Waals surface area (Å²) in [5.41, 5.74) is 2.80. The van der Waals surface area contributed by atoms with Gasteiger partial charge in [-0.1, -0.05) is 12.1 Å². The molecule has 0 saturated carbocycles. The first-order valence-corrected chi connectivity index (χ1v) is 5.96. The van der Waals surface area contributed by atoms with Crippen LogP contribution in [0.2, 0.25) is 0 Å². The molecule has 0 bridgehead atoms. The number of rotatable bonds is 4. The van der Waals surface area contributed by atoms with Crippen molar-refractivity contribution < 1.29 is 17.9 Å². The van der Waals surface area contributed by atoms with Crippen molar-refractivity contribution in [2.24, 2.45) is 5.84 Å². The van der Waals surface area contributed by atoms with Crippen LogP contribution < -0.4 is 16.0 Å².